The summed E-state index contributed by atoms with van der Waals surface area (Å²) >= 11 is 0. The van der Waals surface area contributed by atoms with E-state index in [1.807, 2.05) is 55.5 Å². The molecule has 1 atom stereocenters. The smallest absolute Gasteiger partial charge is 0.325 e. The van der Waals surface area contributed by atoms with Crippen LogP contribution in [0.4, 0.5) is 4.79 Å². The fourth-order valence-corrected chi connectivity index (χ4v) is 3.38. The van der Waals surface area contributed by atoms with E-state index >= 15 is 0 Å². The van der Waals surface area contributed by atoms with Gasteiger partial charge < -0.3 is 9.84 Å². The fourth-order valence-electron chi connectivity index (χ4n) is 3.38. The van der Waals surface area contributed by atoms with Crippen LogP contribution < -0.4 is 5.32 Å². The molecule has 3 amide bonds. The van der Waals surface area contributed by atoms with Crippen LogP contribution in [0.5, 0.6) is 0 Å². The molecule has 4 rings (SSSR count). The quantitative estimate of drug-likeness (QED) is 0.673. The molecule has 1 saturated heterocycles. The van der Waals surface area contributed by atoms with Gasteiger partial charge in [-0.15, -0.1) is 0 Å². The Bertz CT molecular complexity index is 1060. The molecule has 1 fully saturated rings. The van der Waals surface area contributed by atoms with Crippen molar-refractivity contribution in [2.45, 2.75) is 39.3 Å². The molecule has 1 aliphatic heterocycles. The lowest BCUT2D eigenvalue weighted by Gasteiger charge is -2.22. The Kier molecular flexibility index (Phi) is 4.66. The van der Waals surface area contributed by atoms with Crippen LogP contribution in [-0.4, -0.2) is 27.0 Å². The van der Waals surface area contributed by atoms with E-state index in [4.69, 9.17) is 4.52 Å². The summed E-state index contributed by atoms with van der Waals surface area (Å²) in [4.78, 5) is 31.0. The zero-order valence-corrected chi connectivity index (χ0v) is 16.6. The maximum atomic E-state index is 13.0. The number of hydrogen-bond acceptors (Lipinski definition) is 5. The van der Waals surface area contributed by atoms with Crippen LogP contribution in [0.25, 0.3) is 11.4 Å². The largest absolute Gasteiger partial charge is 0.337 e. The Hall–Kier alpha value is -3.48. The molecule has 0 bridgehead atoms. The van der Waals surface area contributed by atoms with Gasteiger partial charge >= 0.3 is 6.03 Å². The minimum Gasteiger partial charge on any atom is -0.337 e. The van der Waals surface area contributed by atoms with Crippen molar-refractivity contribution < 1.29 is 14.1 Å². The van der Waals surface area contributed by atoms with Gasteiger partial charge in [0.2, 0.25) is 11.7 Å². The molecule has 29 heavy (non-hydrogen) atoms. The predicted octanol–water partition coefficient (Wildman–Crippen LogP) is 3.57. The maximum absolute atomic E-state index is 13.0. The second-order valence-corrected chi connectivity index (χ2v) is 7.37. The third-order valence-electron chi connectivity index (χ3n) is 5.29. The first kappa shape index (κ1) is 18.9. The van der Waals surface area contributed by atoms with Crippen molar-refractivity contribution in [2.24, 2.45) is 0 Å². The summed E-state index contributed by atoms with van der Waals surface area (Å²) in [5.41, 5.74) is 2.72. The molecule has 1 aromatic heterocycles. The van der Waals surface area contributed by atoms with Crippen molar-refractivity contribution in [3.05, 3.63) is 71.1 Å². The highest BCUT2D eigenvalue weighted by Crippen LogP contribution is 2.30. The maximum Gasteiger partial charge on any atom is 0.325 e. The normalized spacial score (nSPS) is 18.9. The highest BCUT2D eigenvalue weighted by molar-refractivity contribution is 6.07. The van der Waals surface area contributed by atoms with Crippen LogP contribution in [0, 0.1) is 6.92 Å². The zero-order valence-electron chi connectivity index (χ0n) is 16.6. The number of imide groups is 1. The van der Waals surface area contributed by atoms with Gasteiger partial charge in [-0.1, -0.05) is 66.2 Å². The Morgan fingerprint density at radius 1 is 1.07 bits per heavy atom. The SMILES string of the molecule is CCc1ccc(-c2noc(CN3C(=O)NC(C)(c4ccc(C)cc4)C3=O)n2)cc1. The monoisotopic (exact) mass is 390 g/mol. The number of nitrogens with one attached hydrogen (secondary N) is 1. The number of nitrogens with zero attached hydrogens (tertiary/aromatic N) is 3. The summed E-state index contributed by atoms with van der Waals surface area (Å²) in [6, 6.07) is 14.9. The number of aromatic nitrogens is 2. The van der Waals surface area contributed by atoms with Gasteiger partial charge in [0, 0.05) is 5.56 Å². The van der Waals surface area contributed by atoms with Gasteiger partial charge in [0.15, 0.2) is 0 Å². The summed E-state index contributed by atoms with van der Waals surface area (Å²) in [7, 11) is 0. The lowest BCUT2D eigenvalue weighted by atomic mass is 9.91. The molecule has 1 aliphatic rings. The summed E-state index contributed by atoms with van der Waals surface area (Å²) in [5, 5.41) is 6.77. The molecule has 0 radical (unpaired) electrons. The fraction of sp³-hybridized carbons (Fsp3) is 0.273. The topological polar surface area (TPSA) is 88.3 Å². The van der Waals surface area contributed by atoms with Gasteiger partial charge in [-0.25, -0.2) is 4.79 Å². The minimum atomic E-state index is -1.12. The minimum absolute atomic E-state index is 0.0772. The van der Waals surface area contributed by atoms with Gasteiger partial charge in [0.25, 0.3) is 5.91 Å². The van der Waals surface area contributed by atoms with Crippen molar-refractivity contribution in [1.82, 2.24) is 20.4 Å². The van der Waals surface area contributed by atoms with Crippen LogP contribution in [0.1, 0.15) is 36.4 Å². The second-order valence-electron chi connectivity index (χ2n) is 7.37. The first-order valence-corrected chi connectivity index (χ1v) is 9.54. The Balaban J connectivity index is 1.54. The van der Waals surface area contributed by atoms with Crippen LogP contribution in [0.15, 0.2) is 53.1 Å². The first-order valence-electron chi connectivity index (χ1n) is 9.54. The Labute approximate surface area is 168 Å². The molecule has 148 valence electrons. The molecule has 3 aromatic rings. The third kappa shape index (κ3) is 3.40. The number of amides is 3. The average Bonchev–Trinajstić information content (AvgIpc) is 3.28. The average molecular weight is 390 g/mol. The molecule has 0 saturated carbocycles. The van der Waals surface area contributed by atoms with Crippen molar-refractivity contribution >= 4 is 11.9 Å². The number of rotatable bonds is 5. The molecular weight excluding hydrogens is 368 g/mol. The number of benzene rings is 2. The van der Waals surface area contributed by atoms with Gasteiger partial charge in [-0.05, 0) is 31.4 Å². The van der Waals surface area contributed by atoms with E-state index in [1.54, 1.807) is 6.92 Å². The molecule has 1 N–H and O–H groups in total. The Morgan fingerprint density at radius 3 is 2.41 bits per heavy atom. The Morgan fingerprint density at radius 2 is 1.76 bits per heavy atom. The molecule has 0 aliphatic carbocycles. The number of carbonyl (C=O) groups is 2. The molecule has 0 spiro atoms. The van der Waals surface area contributed by atoms with Crippen LogP contribution in [0.3, 0.4) is 0 Å². The zero-order chi connectivity index (χ0) is 20.6. The lowest BCUT2D eigenvalue weighted by molar-refractivity contribution is -0.131. The number of carbonyl (C=O) groups excluding carboxylic acids is 2. The van der Waals surface area contributed by atoms with E-state index in [9.17, 15) is 9.59 Å². The molecule has 7 heteroatoms. The van der Waals surface area contributed by atoms with Gasteiger partial charge in [-0.3, -0.25) is 9.69 Å². The van der Waals surface area contributed by atoms with Crippen molar-refractivity contribution in [3.8, 4) is 11.4 Å². The highest BCUT2D eigenvalue weighted by Gasteiger charge is 2.49. The van der Waals surface area contributed by atoms with Gasteiger partial charge in [-0.2, -0.15) is 4.98 Å². The van der Waals surface area contributed by atoms with Crippen LogP contribution in [-0.2, 0) is 23.3 Å². The second kappa shape index (κ2) is 7.16. The van der Waals surface area contributed by atoms with Crippen LogP contribution in [0.2, 0.25) is 0 Å². The summed E-state index contributed by atoms with van der Waals surface area (Å²) in [5.74, 6) is 0.283. The standard InChI is InChI=1S/C22H22N4O3/c1-4-15-7-9-16(10-8-15)19-23-18(29-25-19)13-26-20(27)22(3,24-21(26)28)17-11-5-14(2)6-12-17/h5-12H,4,13H2,1-3H3,(H,24,28). The molecule has 2 aromatic carbocycles. The van der Waals surface area contributed by atoms with Crippen molar-refractivity contribution in [1.29, 1.82) is 0 Å². The van der Waals surface area contributed by atoms with Crippen molar-refractivity contribution in [3.63, 3.8) is 0 Å². The molecular formula is C22H22N4O3. The first-order chi connectivity index (χ1) is 13.9. The van der Waals surface area contributed by atoms with Crippen LogP contribution >= 0.6 is 0 Å². The van der Waals surface area contributed by atoms with Gasteiger partial charge in [0.1, 0.15) is 12.1 Å². The summed E-state index contributed by atoms with van der Waals surface area (Å²) < 4.78 is 5.29. The van der Waals surface area contributed by atoms with E-state index in [0.29, 0.717) is 5.82 Å². The summed E-state index contributed by atoms with van der Waals surface area (Å²) in [6.45, 7) is 5.68. The third-order valence-corrected chi connectivity index (χ3v) is 5.29. The van der Waals surface area contributed by atoms with E-state index in [2.05, 4.69) is 22.4 Å². The molecule has 1 unspecified atom stereocenters. The number of hydrogen-bond donors (Lipinski definition) is 1. The number of aryl methyl sites for hydroxylation is 2. The predicted molar refractivity (Wildman–Crippen MR) is 107 cm³/mol. The lowest BCUT2D eigenvalue weighted by Crippen LogP contribution is -2.40. The van der Waals surface area contributed by atoms with E-state index in [-0.39, 0.29) is 18.3 Å². The van der Waals surface area contributed by atoms with E-state index in [1.165, 1.54) is 5.56 Å². The number of urea groups is 1. The van der Waals surface area contributed by atoms with Crippen molar-refractivity contribution in [2.75, 3.05) is 0 Å². The van der Waals surface area contributed by atoms with E-state index < -0.39 is 11.6 Å². The highest BCUT2D eigenvalue weighted by atomic mass is 16.5. The van der Waals surface area contributed by atoms with E-state index in [0.717, 1.165) is 28.0 Å². The molecule has 2 heterocycles. The summed E-state index contributed by atoms with van der Waals surface area (Å²) in [6.07, 6.45) is 0.948. The van der Waals surface area contributed by atoms with Gasteiger partial charge in [0.05, 0.1) is 0 Å². The molecule has 7 nitrogen and oxygen atoms in total.